The molecule has 0 spiro atoms. The van der Waals surface area contributed by atoms with Crippen LogP contribution in [-0.4, -0.2) is 7.11 Å². The minimum atomic E-state index is 0.516. The molecule has 0 aliphatic rings. The highest BCUT2D eigenvalue weighted by molar-refractivity contribution is 6.38. The average molecular weight is 293 g/mol. The fourth-order valence-electron chi connectivity index (χ4n) is 1.97. The van der Waals surface area contributed by atoms with Crippen LogP contribution in [0.5, 0.6) is 5.75 Å². The maximum Gasteiger partial charge on any atom is 0.153 e. The lowest BCUT2D eigenvalue weighted by Gasteiger charge is -2.00. The number of ether oxygens (including phenoxy) is 1. The quantitative estimate of drug-likeness (QED) is 0.630. The summed E-state index contributed by atoms with van der Waals surface area (Å²) in [5, 5.41) is 2.00. The van der Waals surface area contributed by atoms with Gasteiger partial charge >= 0.3 is 0 Å². The van der Waals surface area contributed by atoms with Crippen molar-refractivity contribution in [3.8, 4) is 17.1 Å². The van der Waals surface area contributed by atoms with Gasteiger partial charge in [0.05, 0.1) is 12.1 Å². The van der Waals surface area contributed by atoms with E-state index >= 15 is 0 Å². The van der Waals surface area contributed by atoms with Crippen LogP contribution in [0.15, 0.2) is 46.9 Å². The Morgan fingerprint density at radius 2 is 1.74 bits per heavy atom. The largest absolute Gasteiger partial charge is 0.497 e. The van der Waals surface area contributed by atoms with E-state index in [-0.39, 0.29) is 0 Å². The van der Waals surface area contributed by atoms with Crippen LogP contribution in [0, 0.1) is 0 Å². The lowest BCUT2D eigenvalue weighted by Crippen LogP contribution is -1.81. The number of benzene rings is 2. The molecular formula is C15H10Cl2O2. The van der Waals surface area contributed by atoms with Crippen LogP contribution < -0.4 is 4.74 Å². The fraction of sp³-hybridized carbons (Fsp3) is 0.0667. The van der Waals surface area contributed by atoms with Gasteiger partial charge in [0.1, 0.15) is 11.5 Å². The second-order valence-electron chi connectivity index (χ2n) is 4.15. The van der Waals surface area contributed by atoms with E-state index in [2.05, 4.69) is 0 Å². The molecule has 0 aliphatic heterocycles. The molecule has 0 saturated heterocycles. The smallest absolute Gasteiger partial charge is 0.153 e. The van der Waals surface area contributed by atoms with Crippen molar-refractivity contribution in [3.05, 3.63) is 52.5 Å². The third-order valence-electron chi connectivity index (χ3n) is 2.91. The molecule has 0 radical (unpaired) electrons. The number of hydrogen-bond acceptors (Lipinski definition) is 2. The lowest BCUT2D eigenvalue weighted by molar-refractivity contribution is 0.415. The Bertz CT molecular complexity index is 730. The summed E-state index contributed by atoms with van der Waals surface area (Å²) in [7, 11) is 1.64. The van der Waals surface area contributed by atoms with Gasteiger partial charge in [-0.2, -0.15) is 0 Å². The van der Waals surface area contributed by atoms with Crippen molar-refractivity contribution < 1.29 is 9.15 Å². The van der Waals surface area contributed by atoms with E-state index in [1.54, 1.807) is 13.2 Å². The molecule has 0 atom stereocenters. The molecule has 4 heteroatoms. The predicted octanol–water partition coefficient (Wildman–Crippen LogP) is 5.42. The van der Waals surface area contributed by atoms with Crippen LogP contribution in [0.25, 0.3) is 22.3 Å². The topological polar surface area (TPSA) is 22.4 Å². The number of fused-ring (bicyclic) bond motifs is 1. The zero-order chi connectivity index (χ0) is 13.4. The second-order valence-corrected chi connectivity index (χ2v) is 4.99. The van der Waals surface area contributed by atoms with Crippen LogP contribution in [0.4, 0.5) is 0 Å². The van der Waals surface area contributed by atoms with Gasteiger partial charge < -0.3 is 9.15 Å². The minimum Gasteiger partial charge on any atom is -0.497 e. The molecule has 1 heterocycles. The number of halogens is 2. The van der Waals surface area contributed by atoms with E-state index < -0.39 is 0 Å². The maximum atomic E-state index is 6.11. The number of rotatable bonds is 2. The van der Waals surface area contributed by atoms with Crippen molar-refractivity contribution in [2.24, 2.45) is 0 Å². The van der Waals surface area contributed by atoms with Gasteiger partial charge in [-0.3, -0.25) is 0 Å². The number of methoxy groups -OCH3 is 1. The monoisotopic (exact) mass is 292 g/mol. The van der Waals surface area contributed by atoms with E-state index in [1.165, 1.54) is 0 Å². The summed E-state index contributed by atoms with van der Waals surface area (Å²) >= 11 is 12.1. The molecule has 0 aliphatic carbocycles. The Kier molecular flexibility index (Phi) is 3.13. The van der Waals surface area contributed by atoms with Gasteiger partial charge in [-0.1, -0.05) is 23.2 Å². The van der Waals surface area contributed by atoms with Gasteiger partial charge in [-0.15, -0.1) is 0 Å². The molecule has 19 heavy (non-hydrogen) atoms. The standard InChI is InChI=1S/C15H10Cl2O2/c1-18-12-4-2-9(3-5-12)14-7-10-6-11(16)8-13(17)15(10)19-14/h2-8H,1H3. The van der Waals surface area contributed by atoms with Gasteiger partial charge in [0.25, 0.3) is 0 Å². The summed E-state index contributed by atoms with van der Waals surface area (Å²) < 4.78 is 10.9. The zero-order valence-electron chi connectivity index (χ0n) is 10.1. The van der Waals surface area contributed by atoms with Crippen molar-refractivity contribution >= 4 is 34.2 Å². The van der Waals surface area contributed by atoms with E-state index in [1.807, 2.05) is 36.4 Å². The first-order chi connectivity index (χ1) is 9.17. The van der Waals surface area contributed by atoms with Crippen molar-refractivity contribution in [1.82, 2.24) is 0 Å². The molecule has 2 nitrogen and oxygen atoms in total. The van der Waals surface area contributed by atoms with Gasteiger partial charge in [-0.05, 0) is 42.5 Å². The minimum absolute atomic E-state index is 0.516. The Labute approximate surface area is 120 Å². The molecule has 96 valence electrons. The first-order valence-corrected chi connectivity index (χ1v) is 6.46. The molecule has 2 aromatic carbocycles. The second kappa shape index (κ2) is 4.80. The van der Waals surface area contributed by atoms with Gasteiger partial charge in [0.15, 0.2) is 5.58 Å². The van der Waals surface area contributed by atoms with Crippen molar-refractivity contribution in [1.29, 1.82) is 0 Å². The predicted molar refractivity (Wildman–Crippen MR) is 78.2 cm³/mol. The summed E-state index contributed by atoms with van der Waals surface area (Å²) in [6.45, 7) is 0. The molecule has 0 amide bonds. The van der Waals surface area contributed by atoms with Gasteiger partial charge in [0.2, 0.25) is 0 Å². The van der Waals surface area contributed by atoms with Gasteiger partial charge in [0, 0.05) is 16.0 Å². The van der Waals surface area contributed by atoms with Gasteiger partial charge in [-0.25, -0.2) is 0 Å². The summed E-state index contributed by atoms with van der Waals surface area (Å²) in [6.07, 6.45) is 0. The van der Waals surface area contributed by atoms with E-state index in [0.29, 0.717) is 15.6 Å². The summed E-state index contributed by atoms with van der Waals surface area (Å²) in [5.74, 6) is 1.56. The molecule has 0 unspecified atom stereocenters. The Hall–Kier alpha value is -1.64. The maximum absolute atomic E-state index is 6.11. The molecular weight excluding hydrogens is 283 g/mol. The summed E-state index contributed by atoms with van der Waals surface area (Å²) in [6, 6.07) is 13.1. The Morgan fingerprint density at radius 3 is 2.42 bits per heavy atom. The molecule has 0 saturated carbocycles. The Morgan fingerprint density at radius 1 is 1.00 bits per heavy atom. The fourth-order valence-corrected chi connectivity index (χ4v) is 2.52. The number of furan rings is 1. The van der Waals surface area contributed by atoms with Crippen LogP contribution >= 0.6 is 23.2 Å². The van der Waals surface area contributed by atoms with Crippen LogP contribution in [0.1, 0.15) is 0 Å². The normalized spacial score (nSPS) is 10.9. The Balaban J connectivity index is 2.12. The molecule has 0 N–H and O–H groups in total. The van der Waals surface area contributed by atoms with E-state index in [9.17, 15) is 0 Å². The van der Waals surface area contributed by atoms with Crippen LogP contribution in [0.2, 0.25) is 10.0 Å². The van der Waals surface area contributed by atoms with Crippen molar-refractivity contribution in [2.45, 2.75) is 0 Å². The van der Waals surface area contributed by atoms with E-state index in [4.69, 9.17) is 32.4 Å². The summed E-state index contributed by atoms with van der Waals surface area (Å²) in [4.78, 5) is 0. The average Bonchev–Trinajstić information content (AvgIpc) is 2.83. The molecule has 1 aromatic heterocycles. The first-order valence-electron chi connectivity index (χ1n) is 5.70. The van der Waals surface area contributed by atoms with Crippen LogP contribution in [0.3, 0.4) is 0 Å². The van der Waals surface area contributed by atoms with Crippen molar-refractivity contribution in [2.75, 3.05) is 7.11 Å². The molecule has 0 bridgehead atoms. The highest BCUT2D eigenvalue weighted by Gasteiger charge is 2.10. The SMILES string of the molecule is COc1ccc(-c2cc3cc(Cl)cc(Cl)c3o2)cc1. The zero-order valence-corrected chi connectivity index (χ0v) is 11.6. The summed E-state index contributed by atoms with van der Waals surface area (Å²) in [5.41, 5.74) is 1.61. The highest BCUT2D eigenvalue weighted by atomic mass is 35.5. The third kappa shape index (κ3) is 2.29. The first kappa shape index (κ1) is 12.4. The van der Waals surface area contributed by atoms with E-state index in [0.717, 1.165) is 22.5 Å². The van der Waals surface area contributed by atoms with Crippen LogP contribution in [-0.2, 0) is 0 Å². The molecule has 0 fully saturated rings. The third-order valence-corrected chi connectivity index (χ3v) is 3.41. The number of hydrogen-bond donors (Lipinski definition) is 0. The van der Waals surface area contributed by atoms with Crippen molar-refractivity contribution in [3.63, 3.8) is 0 Å². The molecule has 3 rings (SSSR count). The lowest BCUT2D eigenvalue weighted by atomic mass is 10.1. The highest BCUT2D eigenvalue weighted by Crippen LogP contribution is 2.34. The molecule has 3 aromatic rings.